The molecule has 32 heavy (non-hydrogen) atoms. The summed E-state index contributed by atoms with van der Waals surface area (Å²) in [6, 6.07) is 19.0. The van der Waals surface area contributed by atoms with Gasteiger partial charge in [-0.05, 0) is 48.6 Å². The Morgan fingerprint density at radius 2 is 2.03 bits per heavy atom. The molecule has 1 aliphatic rings. The van der Waals surface area contributed by atoms with E-state index in [0.717, 1.165) is 11.5 Å². The summed E-state index contributed by atoms with van der Waals surface area (Å²) in [6.45, 7) is 0.458. The third-order valence-electron chi connectivity index (χ3n) is 5.36. The van der Waals surface area contributed by atoms with Gasteiger partial charge in [-0.1, -0.05) is 18.2 Å². The third kappa shape index (κ3) is 3.74. The summed E-state index contributed by atoms with van der Waals surface area (Å²) in [5.41, 5.74) is 1.47. The van der Waals surface area contributed by atoms with Crippen molar-refractivity contribution in [2.45, 2.75) is 18.6 Å². The van der Waals surface area contributed by atoms with Gasteiger partial charge in [0, 0.05) is 23.9 Å². The molecule has 1 fully saturated rings. The lowest BCUT2D eigenvalue weighted by atomic mass is 10.0. The van der Waals surface area contributed by atoms with E-state index in [2.05, 4.69) is 10.3 Å². The highest BCUT2D eigenvalue weighted by molar-refractivity contribution is 7.80. The van der Waals surface area contributed by atoms with E-state index in [0.29, 0.717) is 28.7 Å². The lowest BCUT2D eigenvalue weighted by Gasteiger charge is -2.25. The van der Waals surface area contributed by atoms with Crippen molar-refractivity contribution < 1.29 is 13.8 Å². The molecule has 0 saturated carbocycles. The van der Waals surface area contributed by atoms with E-state index >= 15 is 0 Å². The Morgan fingerprint density at radius 1 is 1.12 bits per heavy atom. The van der Waals surface area contributed by atoms with Crippen molar-refractivity contribution in [3.05, 3.63) is 107 Å². The van der Waals surface area contributed by atoms with Crippen LogP contribution in [0.15, 0.2) is 88.0 Å². The molecule has 1 N–H and O–H groups in total. The molecule has 2 atom stereocenters. The summed E-state index contributed by atoms with van der Waals surface area (Å²) < 4.78 is 11.8. The van der Waals surface area contributed by atoms with Crippen molar-refractivity contribution in [2.24, 2.45) is 0 Å². The smallest absolute Gasteiger partial charge is 0.270 e. The first-order valence-electron chi connectivity index (χ1n) is 9.95. The topological polar surface area (TPSA) is 97.6 Å². The Kier molecular flexibility index (Phi) is 5.16. The van der Waals surface area contributed by atoms with Crippen LogP contribution >= 0.6 is 12.2 Å². The van der Waals surface area contributed by atoms with E-state index in [4.69, 9.17) is 21.1 Å². The minimum atomic E-state index is -0.422. The molecular weight excluding hydrogens is 428 g/mol. The van der Waals surface area contributed by atoms with Gasteiger partial charge in [-0.15, -0.1) is 0 Å². The third-order valence-corrected chi connectivity index (χ3v) is 5.72. The molecule has 0 bridgehead atoms. The van der Waals surface area contributed by atoms with E-state index in [9.17, 15) is 10.1 Å². The molecule has 1 saturated heterocycles. The molecule has 0 unspecified atom stereocenters. The molecule has 9 heteroatoms. The van der Waals surface area contributed by atoms with E-state index in [1.54, 1.807) is 24.6 Å². The predicted octanol–water partition coefficient (Wildman–Crippen LogP) is 5.02. The monoisotopic (exact) mass is 446 g/mol. The maximum atomic E-state index is 11.2. The Bertz CT molecular complexity index is 1260. The molecule has 5 rings (SSSR count). The summed E-state index contributed by atoms with van der Waals surface area (Å²) in [7, 11) is 0. The van der Waals surface area contributed by atoms with Gasteiger partial charge in [0.05, 0.1) is 29.5 Å². The van der Waals surface area contributed by atoms with Crippen LogP contribution in [-0.4, -0.2) is 19.9 Å². The number of furan rings is 2. The lowest BCUT2D eigenvalue weighted by molar-refractivity contribution is -0.384. The van der Waals surface area contributed by atoms with Gasteiger partial charge in [0.25, 0.3) is 5.69 Å². The van der Waals surface area contributed by atoms with Gasteiger partial charge in [0.15, 0.2) is 5.11 Å². The van der Waals surface area contributed by atoms with Crippen molar-refractivity contribution in [1.29, 1.82) is 0 Å². The fourth-order valence-corrected chi connectivity index (χ4v) is 4.20. The molecule has 4 heterocycles. The Morgan fingerprint density at radius 3 is 2.78 bits per heavy atom. The molecule has 1 aliphatic heterocycles. The average Bonchev–Trinajstić information content (AvgIpc) is 3.56. The maximum absolute atomic E-state index is 11.2. The molecular formula is C23H18N4O4S. The molecule has 1 aromatic carbocycles. The number of non-ortho nitro benzene ring substituents is 1. The minimum Gasteiger partial charge on any atom is -0.467 e. The van der Waals surface area contributed by atoms with E-state index in [-0.39, 0.29) is 17.8 Å². The van der Waals surface area contributed by atoms with Crippen LogP contribution < -0.4 is 5.32 Å². The standard InChI is InChI=1S/C23H18N4O4S/c28-27(29)16-6-3-5-15(13-16)19-9-10-20(31-19)22-21(18-8-1-2-11-24-18)25-23(32)26(22)14-17-7-4-12-30-17/h1-13,21-22H,14H2,(H,25,32)/t21-,22-/m1/s1. The van der Waals surface area contributed by atoms with Crippen molar-refractivity contribution in [1.82, 2.24) is 15.2 Å². The van der Waals surface area contributed by atoms with Crippen molar-refractivity contribution in [3.63, 3.8) is 0 Å². The molecule has 160 valence electrons. The highest BCUT2D eigenvalue weighted by Crippen LogP contribution is 2.41. The van der Waals surface area contributed by atoms with Crippen LogP contribution in [0.2, 0.25) is 0 Å². The van der Waals surface area contributed by atoms with Crippen LogP contribution in [0.4, 0.5) is 5.69 Å². The Labute approximate surface area is 188 Å². The number of nitro groups is 1. The van der Waals surface area contributed by atoms with Gasteiger partial charge >= 0.3 is 0 Å². The first kappa shape index (κ1) is 20.0. The normalized spacial score (nSPS) is 18.0. The zero-order chi connectivity index (χ0) is 22.1. The number of nitrogens with zero attached hydrogens (tertiary/aromatic N) is 3. The average molecular weight is 446 g/mol. The first-order chi connectivity index (χ1) is 15.6. The van der Waals surface area contributed by atoms with Crippen molar-refractivity contribution in [2.75, 3.05) is 0 Å². The highest BCUT2D eigenvalue weighted by atomic mass is 32.1. The number of nitrogens with one attached hydrogen (secondary N) is 1. The van der Waals surface area contributed by atoms with Gasteiger partial charge in [-0.25, -0.2) is 0 Å². The zero-order valence-electron chi connectivity index (χ0n) is 16.8. The molecule has 0 radical (unpaired) electrons. The minimum absolute atomic E-state index is 0.00923. The second-order valence-electron chi connectivity index (χ2n) is 7.34. The quantitative estimate of drug-likeness (QED) is 0.251. The van der Waals surface area contributed by atoms with E-state index in [1.165, 1.54) is 12.1 Å². The van der Waals surface area contributed by atoms with Crippen molar-refractivity contribution >= 4 is 23.0 Å². The lowest BCUT2D eigenvalue weighted by Crippen LogP contribution is -2.28. The maximum Gasteiger partial charge on any atom is 0.270 e. The Hall–Kier alpha value is -3.98. The number of nitro benzene ring substituents is 1. The molecule has 8 nitrogen and oxygen atoms in total. The fraction of sp³-hybridized carbons (Fsp3) is 0.130. The molecule has 0 amide bonds. The first-order valence-corrected chi connectivity index (χ1v) is 10.4. The number of rotatable bonds is 6. The largest absolute Gasteiger partial charge is 0.467 e. The molecule has 0 spiro atoms. The predicted molar refractivity (Wildman–Crippen MR) is 121 cm³/mol. The number of pyridine rings is 1. The second-order valence-corrected chi connectivity index (χ2v) is 7.73. The van der Waals surface area contributed by atoms with Gasteiger partial charge in [-0.3, -0.25) is 15.1 Å². The van der Waals surface area contributed by atoms with E-state index < -0.39 is 4.92 Å². The van der Waals surface area contributed by atoms with Gasteiger partial charge in [0.2, 0.25) is 0 Å². The molecule has 3 aromatic heterocycles. The summed E-state index contributed by atoms with van der Waals surface area (Å²) in [5.74, 6) is 1.98. The number of aromatic nitrogens is 1. The number of benzene rings is 1. The summed E-state index contributed by atoms with van der Waals surface area (Å²) in [6.07, 6.45) is 3.36. The van der Waals surface area contributed by atoms with Crippen LogP contribution in [-0.2, 0) is 6.54 Å². The van der Waals surface area contributed by atoms with Crippen LogP contribution in [0.1, 0.15) is 29.3 Å². The summed E-state index contributed by atoms with van der Waals surface area (Å²) >= 11 is 5.64. The Balaban J connectivity index is 1.53. The number of hydrogen-bond donors (Lipinski definition) is 1. The number of hydrogen-bond acceptors (Lipinski definition) is 6. The van der Waals surface area contributed by atoms with E-state index in [1.807, 2.05) is 47.4 Å². The van der Waals surface area contributed by atoms with Crippen LogP contribution in [0.25, 0.3) is 11.3 Å². The van der Waals surface area contributed by atoms with Crippen molar-refractivity contribution in [3.8, 4) is 11.3 Å². The van der Waals surface area contributed by atoms with Gasteiger partial charge in [-0.2, -0.15) is 0 Å². The SMILES string of the molecule is O=[N+]([O-])c1cccc(-c2ccc([C@@H]3[C@@H](c4ccccn4)NC(=S)N3Cc3ccco3)o2)c1. The van der Waals surface area contributed by atoms with Gasteiger partial charge in [0.1, 0.15) is 23.3 Å². The summed E-state index contributed by atoms with van der Waals surface area (Å²) in [5, 5.41) is 15.1. The number of thiocarbonyl (C=S) groups is 1. The molecule has 4 aromatic rings. The van der Waals surface area contributed by atoms with Crippen LogP contribution in [0.3, 0.4) is 0 Å². The van der Waals surface area contributed by atoms with Gasteiger partial charge < -0.3 is 19.1 Å². The van der Waals surface area contributed by atoms with Crippen LogP contribution in [0.5, 0.6) is 0 Å². The zero-order valence-corrected chi connectivity index (χ0v) is 17.6. The van der Waals surface area contributed by atoms with Crippen LogP contribution in [0, 0.1) is 10.1 Å². The highest BCUT2D eigenvalue weighted by Gasteiger charge is 2.42. The summed E-state index contributed by atoms with van der Waals surface area (Å²) in [4.78, 5) is 17.3. The second kappa shape index (κ2) is 8.27. The fourth-order valence-electron chi connectivity index (χ4n) is 3.89. The molecule has 0 aliphatic carbocycles.